The molecular formula is C21H18N2O2S. The zero-order chi connectivity index (χ0) is 18.1. The summed E-state index contributed by atoms with van der Waals surface area (Å²) in [5.74, 6) is 0. The van der Waals surface area contributed by atoms with E-state index in [9.17, 15) is 8.42 Å². The van der Waals surface area contributed by atoms with Crippen LogP contribution >= 0.6 is 0 Å². The smallest absolute Gasteiger partial charge is 0.261 e. The van der Waals surface area contributed by atoms with Gasteiger partial charge in [0.05, 0.1) is 10.6 Å². The third kappa shape index (κ3) is 3.09. The van der Waals surface area contributed by atoms with Gasteiger partial charge in [0.2, 0.25) is 0 Å². The van der Waals surface area contributed by atoms with Crippen molar-refractivity contribution in [1.29, 1.82) is 0 Å². The summed E-state index contributed by atoms with van der Waals surface area (Å²) in [5.41, 5.74) is 4.46. The second-order valence-electron chi connectivity index (χ2n) is 6.23. The van der Waals surface area contributed by atoms with Gasteiger partial charge in [-0.2, -0.15) is 0 Å². The van der Waals surface area contributed by atoms with E-state index in [-0.39, 0.29) is 4.90 Å². The van der Waals surface area contributed by atoms with Gasteiger partial charge in [0, 0.05) is 16.6 Å². The molecule has 0 fully saturated rings. The third-order valence-electron chi connectivity index (χ3n) is 4.32. The maximum atomic E-state index is 12.7. The molecule has 0 radical (unpaired) electrons. The van der Waals surface area contributed by atoms with Crippen LogP contribution in [0.15, 0.2) is 83.8 Å². The molecule has 0 aliphatic rings. The lowest BCUT2D eigenvalue weighted by atomic mass is 10.1. The molecule has 0 atom stereocenters. The Kier molecular flexibility index (Phi) is 4.01. The van der Waals surface area contributed by atoms with Gasteiger partial charge >= 0.3 is 0 Å². The van der Waals surface area contributed by atoms with Crippen LogP contribution < -0.4 is 4.72 Å². The molecule has 1 aromatic heterocycles. The fraction of sp³-hybridized carbons (Fsp3) is 0.0476. The van der Waals surface area contributed by atoms with Crippen molar-refractivity contribution < 1.29 is 8.42 Å². The van der Waals surface area contributed by atoms with Crippen LogP contribution in [0.5, 0.6) is 0 Å². The fourth-order valence-corrected chi connectivity index (χ4v) is 4.02. The predicted molar refractivity (Wildman–Crippen MR) is 106 cm³/mol. The zero-order valence-corrected chi connectivity index (χ0v) is 15.0. The summed E-state index contributed by atoms with van der Waals surface area (Å²) in [6.07, 6.45) is 0. The number of aromatic nitrogens is 1. The molecule has 26 heavy (non-hydrogen) atoms. The zero-order valence-electron chi connectivity index (χ0n) is 14.2. The first-order chi connectivity index (χ1) is 12.5. The summed E-state index contributed by atoms with van der Waals surface area (Å²) < 4.78 is 28.1. The Hall–Kier alpha value is -3.05. The average molecular weight is 362 g/mol. The number of aryl methyl sites for hydroxylation is 1. The van der Waals surface area contributed by atoms with Crippen molar-refractivity contribution in [3.8, 4) is 11.3 Å². The van der Waals surface area contributed by atoms with E-state index in [0.29, 0.717) is 5.69 Å². The predicted octanol–water partition coefficient (Wildman–Crippen LogP) is 4.94. The lowest BCUT2D eigenvalue weighted by molar-refractivity contribution is 0.601. The summed E-state index contributed by atoms with van der Waals surface area (Å²) in [7, 11) is -3.64. The van der Waals surface area contributed by atoms with E-state index in [1.165, 1.54) is 0 Å². The summed E-state index contributed by atoms with van der Waals surface area (Å²) >= 11 is 0. The quantitative estimate of drug-likeness (QED) is 0.540. The summed E-state index contributed by atoms with van der Waals surface area (Å²) in [4.78, 5) is 3.60. The van der Waals surface area contributed by atoms with Crippen LogP contribution in [-0.2, 0) is 10.0 Å². The van der Waals surface area contributed by atoms with Crippen molar-refractivity contribution in [3.05, 3.63) is 84.4 Å². The molecule has 2 N–H and O–H groups in total. The van der Waals surface area contributed by atoms with E-state index >= 15 is 0 Å². The Morgan fingerprint density at radius 1 is 0.846 bits per heavy atom. The number of H-pyrrole nitrogens is 1. The Morgan fingerprint density at radius 3 is 2.31 bits per heavy atom. The van der Waals surface area contributed by atoms with Gasteiger partial charge in [-0.15, -0.1) is 0 Å². The molecule has 4 nitrogen and oxygen atoms in total. The Labute approximate surface area is 152 Å². The molecule has 0 saturated carbocycles. The molecule has 0 aliphatic heterocycles. The minimum atomic E-state index is -3.64. The lowest BCUT2D eigenvalue weighted by Gasteiger charge is -2.09. The van der Waals surface area contributed by atoms with Crippen molar-refractivity contribution in [2.45, 2.75) is 11.8 Å². The van der Waals surface area contributed by atoms with Gasteiger partial charge in [0.25, 0.3) is 10.0 Å². The van der Waals surface area contributed by atoms with E-state index in [1.807, 2.05) is 55.5 Å². The molecule has 0 bridgehead atoms. The number of benzene rings is 3. The molecule has 130 valence electrons. The summed E-state index contributed by atoms with van der Waals surface area (Å²) in [5, 5.41) is 0.835. The number of fused-ring (bicyclic) bond motifs is 1. The van der Waals surface area contributed by atoms with E-state index < -0.39 is 10.0 Å². The third-order valence-corrected chi connectivity index (χ3v) is 5.71. The Bertz CT molecular complexity index is 1160. The highest BCUT2D eigenvalue weighted by atomic mass is 32.2. The van der Waals surface area contributed by atoms with Gasteiger partial charge in [-0.05, 0) is 42.8 Å². The van der Waals surface area contributed by atoms with E-state index in [0.717, 1.165) is 27.7 Å². The topological polar surface area (TPSA) is 62.0 Å². The number of aromatic amines is 1. The molecule has 5 heteroatoms. The first-order valence-corrected chi connectivity index (χ1v) is 9.78. The molecule has 4 rings (SSSR count). The van der Waals surface area contributed by atoms with Crippen molar-refractivity contribution in [1.82, 2.24) is 4.98 Å². The van der Waals surface area contributed by atoms with Crippen molar-refractivity contribution >= 4 is 26.6 Å². The van der Waals surface area contributed by atoms with Crippen LogP contribution in [0.4, 0.5) is 5.69 Å². The van der Waals surface area contributed by atoms with Gasteiger partial charge in [0.1, 0.15) is 0 Å². The van der Waals surface area contributed by atoms with Gasteiger partial charge < -0.3 is 4.98 Å². The van der Waals surface area contributed by atoms with Crippen LogP contribution in [0.3, 0.4) is 0 Å². The van der Waals surface area contributed by atoms with Gasteiger partial charge in [-0.3, -0.25) is 4.72 Å². The number of hydrogen-bond acceptors (Lipinski definition) is 2. The number of nitrogens with one attached hydrogen (secondary N) is 2. The maximum Gasteiger partial charge on any atom is 0.261 e. The molecule has 3 aromatic carbocycles. The Morgan fingerprint density at radius 2 is 1.58 bits per heavy atom. The average Bonchev–Trinajstić information content (AvgIpc) is 3.08. The molecule has 4 aromatic rings. The van der Waals surface area contributed by atoms with E-state index in [1.54, 1.807) is 30.3 Å². The molecule has 0 amide bonds. The van der Waals surface area contributed by atoms with Crippen molar-refractivity contribution in [2.24, 2.45) is 0 Å². The van der Waals surface area contributed by atoms with Crippen LogP contribution in [0.25, 0.3) is 22.2 Å². The molecular weight excluding hydrogens is 344 g/mol. The van der Waals surface area contributed by atoms with Crippen molar-refractivity contribution in [3.63, 3.8) is 0 Å². The highest BCUT2D eigenvalue weighted by molar-refractivity contribution is 7.92. The van der Waals surface area contributed by atoms with E-state index in [2.05, 4.69) is 9.71 Å². The maximum absolute atomic E-state index is 12.7. The highest BCUT2D eigenvalue weighted by Crippen LogP contribution is 2.30. The van der Waals surface area contributed by atoms with Gasteiger partial charge in [-0.25, -0.2) is 8.42 Å². The van der Waals surface area contributed by atoms with Gasteiger partial charge in [-0.1, -0.05) is 54.1 Å². The second-order valence-corrected chi connectivity index (χ2v) is 7.92. The first-order valence-electron chi connectivity index (χ1n) is 8.29. The normalized spacial score (nSPS) is 11.6. The standard InChI is InChI=1S/C21H18N2O2S/c1-15-10-12-17(13-11-15)26(24,25)23-20-9-5-8-19-18(20)14-21(22-19)16-6-3-2-4-7-16/h2-14,22-23H,1H3. The Balaban J connectivity index is 1.75. The van der Waals surface area contributed by atoms with Crippen LogP contribution in [0.1, 0.15) is 5.56 Å². The van der Waals surface area contributed by atoms with Crippen molar-refractivity contribution in [2.75, 3.05) is 4.72 Å². The number of sulfonamides is 1. The first kappa shape index (κ1) is 16.4. The highest BCUT2D eigenvalue weighted by Gasteiger charge is 2.16. The minimum Gasteiger partial charge on any atom is -0.354 e. The monoisotopic (exact) mass is 362 g/mol. The van der Waals surface area contributed by atoms with Crippen LogP contribution in [-0.4, -0.2) is 13.4 Å². The summed E-state index contributed by atoms with van der Waals surface area (Å²) in [6, 6.07) is 24.3. The molecule has 0 spiro atoms. The molecule has 0 saturated heterocycles. The lowest BCUT2D eigenvalue weighted by Crippen LogP contribution is -2.13. The number of hydrogen-bond donors (Lipinski definition) is 2. The number of rotatable bonds is 4. The second kappa shape index (κ2) is 6.35. The molecule has 0 unspecified atom stereocenters. The number of anilines is 1. The fourth-order valence-electron chi connectivity index (χ4n) is 2.94. The van der Waals surface area contributed by atoms with Crippen LogP contribution in [0, 0.1) is 6.92 Å². The SMILES string of the molecule is Cc1ccc(S(=O)(=O)Nc2cccc3[nH]c(-c4ccccc4)cc23)cc1. The molecule has 1 heterocycles. The van der Waals surface area contributed by atoms with Gasteiger partial charge in [0.15, 0.2) is 0 Å². The summed E-state index contributed by atoms with van der Waals surface area (Å²) in [6.45, 7) is 1.93. The minimum absolute atomic E-state index is 0.249. The van der Waals surface area contributed by atoms with E-state index in [4.69, 9.17) is 0 Å². The van der Waals surface area contributed by atoms with Crippen LogP contribution in [0.2, 0.25) is 0 Å². The largest absolute Gasteiger partial charge is 0.354 e. The molecule has 0 aliphatic carbocycles.